The average molecular weight is 287 g/mol. The van der Waals surface area contributed by atoms with Gasteiger partial charge in [-0.25, -0.2) is 8.42 Å². The van der Waals surface area contributed by atoms with Crippen LogP contribution in [0.5, 0.6) is 0 Å². The second kappa shape index (κ2) is 7.07. The van der Waals surface area contributed by atoms with E-state index in [1.54, 1.807) is 0 Å². The van der Waals surface area contributed by atoms with Gasteiger partial charge in [-0.05, 0) is 44.1 Å². The number of hydrogen-bond donors (Lipinski definition) is 1. The van der Waals surface area contributed by atoms with Crippen molar-refractivity contribution >= 4 is 9.84 Å². The monoisotopic (exact) mass is 287 g/mol. The zero-order chi connectivity index (χ0) is 13.7. The van der Waals surface area contributed by atoms with Gasteiger partial charge < -0.3 is 5.32 Å². The summed E-state index contributed by atoms with van der Waals surface area (Å²) in [6, 6.07) is 0.543. The molecule has 0 aromatic rings. The first-order chi connectivity index (χ1) is 9.11. The lowest BCUT2D eigenvalue weighted by molar-refractivity contribution is 0.279. The van der Waals surface area contributed by atoms with Gasteiger partial charge in [-0.2, -0.15) is 0 Å². The van der Waals surface area contributed by atoms with Gasteiger partial charge in [0, 0.05) is 6.04 Å². The molecule has 0 amide bonds. The molecule has 1 saturated heterocycles. The Morgan fingerprint density at radius 1 is 1.11 bits per heavy atom. The maximum atomic E-state index is 11.6. The minimum atomic E-state index is -2.72. The van der Waals surface area contributed by atoms with E-state index in [1.165, 1.54) is 38.5 Å². The second-order valence-corrected chi connectivity index (χ2v) is 8.65. The Hall–Kier alpha value is -0.0900. The molecule has 0 aromatic heterocycles. The second-order valence-electron chi connectivity index (χ2n) is 6.42. The third kappa shape index (κ3) is 4.75. The molecular weight excluding hydrogens is 258 g/mol. The first kappa shape index (κ1) is 15.3. The first-order valence-electron chi connectivity index (χ1n) is 8.04. The molecule has 2 rings (SSSR count). The summed E-state index contributed by atoms with van der Waals surface area (Å²) in [7, 11) is -2.72. The van der Waals surface area contributed by atoms with Crippen LogP contribution in [0.4, 0.5) is 0 Å². The summed E-state index contributed by atoms with van der Waals surface area (Å²) in [6.45, 7) is 3.16. The van der Waals surface area contributed by atoms with Crippen LogP contribution in [0.1, 0.15) is 58.3 Å². The minimum Gasteiger partial charge on any atom is -0.314 e. The van der Waals surface area contributed by atoms with E-state index >= 15 is 0 Å². The van der Waals surface area contributed by atoms with Gasteiger partial charge in [0.15, 0.2) is 9.84 Å². The SMILES string of the molecule is CCNC(CC1CCS(=O)(=O)C1)C1CCCCCC1. The van der Waals surface area contributed by atoms with E-state index in [2.05, 4.69) is 12.2 Å². The molecule has 1 aliphatic heterocycles. The highest BCUT2D eigenvalue weighted by Crippen LogP contribution is 2.31. The molecular formula is C15H29NO2S. The van der Waals surface area contributed by atoms with Crippen LogP contribution < -0.4 is 5.32 Å². The van der Waals surface area contributed by atoms with E-state index in [4.69, 9.17) is 0 Å². The van der Waals surface area contributed by atoms with Crippen molar-refractivity contribution in [1.29, 1.82) is 0 Å². The molecule has 0 bridgehead atoms. The van der Waals surface area contributed by atoms with Gasteiger partial charge in [0.2, 0.25) is 0 Å². The largest absolute Gasteiger partial charge is 0.314 e. The van der Waals surface area contributed by atoms with E-state index in [9.17, 15) is 8.42 Å². The van der Waals surface area contributed by atoms with Crippen molar-refractivity contribution in [3.8, 4) is 0 Å². The van der Waals surface area contributed by atoms with Gasteiger partial charge in [-0.1, -0.05) is 32.6 Å². The molecule has 0 spiro atoms. The van der Waals surface area contributed by atoms with Crippen LogP contribution in [0.2, 0.25) is 0 Å². The maximum absolute atomic E-state index is 11.6. The Bertz CT molecular complexity index is 358. The molecule has 0 radical (unpaired) electrons. The van der Waals surface area contributed by atoms with Crippen LogP contribution in [0.15, 0.2) is 0 Å². The van der Waals surface area contributed by atoms with Crippen LogP contribution in [-0.2, 0) is 9.84 Å². The Kier molecular flexibility index (Phi) is 5.70. The van der Waals surface area contributed by atoms with Crippen molar-refractivity contribution in [2.24, 2.45) is 11.8 Å². The fourth-order valence-electron chi connectivity index (χ4n) is 3.83. The molecule has 112 valence electrons. The van der Waals surface area contributed by atoms with Gasteiger partial charge in [-0.15, -0.1) is 0 Å². The summed E-state index contributed by atoms with van der Waals surface area (Å²) < 4.78 is 23.2. The van der Waals surface area contributed by atoms with Gasteiger partial charge in [0.25, 0.3) is 0 Å². The Morgan fingerprint density at radius 2 is 1.79 bits per heavy atom. The average Bonchev–Trinajstić information content (AvgIpc) is 2.58. The highest BCUT2D eigenvalue weighted by atomic mass is 32.2. The van der Waals surface area contributed by atoms with Crippen LogP contribution in [0.25, 0.3) is 0 Å². The molecule has 2 aliphatic rings. The Labute approximate surface area is 118 Å². The fraction of sp³-hybridized carbons (Fsp3) is 1.00. The number of sulfone groups is 1. The molecule has 1 heterocycles. The fourth-order valence-corrected chi connectivity index (χ4v) is 5.72. The van der Waals surface area contributed by atoms with E-state index in [-0.39, 0.29) is 0 Å². The normalized spacial score (nSPS) is 30.1. The van der Waals surface area contributed by atoms with Crippen molar-refractivity contribution in [2.75, 3.05) is 18.1 Å². The summed E-state index contributed by atoms with van der Waals surface area (Å²) >= 11 is 0. The highest BCUT2D eigenvalue weighted by Gasteiger charge is 2.32. The van der Waals surface area contributed by atoms with Crippen LogP contribution >= 0.6 is 0 Å². The topological polar surface area (TPSA) is 46.2 Å². The predicted molar refractivity (Wildman–Crippen MR) is 80.0 cm³/mol. The van der Waals surface area contributed by atoms with E-state index in [1.807, 2.05) is 0 Å². The maximum Gasteiger partial charge on any atom is 0.150 e. The van der Waals surface area contributed by atoms with Crippen LogP contribution in [0, 0.1) is 11.8 Å². The quantitative estimate of drug-likeness (QED) is 0.791. The summed E-state index contributed by atoms with van der Waals surface area (Å²) in [5, 5.41) is 3.64. The first-order valence-corrected chi connectivity index (χ1v) is 9.86. The molecule has 1 saturated carbocycles. The summed E-state index contributed by atoms with van der Waals surface area (Å²) in [6.07, 6.45) is 10.1. The van der Waals surface area contributed by atoms with Crippen molar-refractivity contribution in [3.63, 3.8) is 0 Å². The Morgan fingerprint density at radius 3 is 2.32 bits per heavy atom. The van der Waals surface area contributed by atoms with Gasteiger partial charge >= 0.3 is 0 Å². The molecule has 2 fully saturated rings. The Balaban J connectivity index is 1.91. The third-order valence-corrected chi connectivity index (χ3v) is 6.69. The minimum absolute atomic E-state index is 0.400. The molecule has 2 atom stereocenters. The molecule has 3 nitrogen and oxygen atoms in total. The standard InChI is InChI=1S/C15H29NO2S/c1-2-16-15(14-7-5-3-4-6-8-14)11-13-9-10-19(17,18)12-13/h13-16H,2-12H2,1H3. The highest BCUT2D eigenvalue weighted by molar-refractivity contribution is 7.91. The molecule has 2 unspecified atom stereocenters. The van der Waals surface area contributed by atoms with Crippen molar-refractivity contribution in [2.45, 2.75) is 64.3 Å². The number of hydrogen-bond acceptors (Lipinski definition) is 3. The van der Waals surface area contributed by atoms with Crippen LogP contribution in [-0.4, -0.2) is 32.5 Å². The van der Waals surface area contributed by atoms with Crippen LogP contribution in [0.3, 0.4) is 0 Å². The molecule has 1 N–H and O–H groups in total. The molecule has 4 heteroatoms. The van der Waals surface area contributed by atoms with Crippen molar-refractivity contribution < 1.29 is 8.42 Å². The zero-order valence-electron chi connectivity index (χ0n) is 12.2. The number of nitrogens with one attached hydrogen (secondary N) is 1. The smallest absolute Gasteiger partial charge is 0.150 e. The lowest BCUT2D eigenvalue weighted by Gasteiger charge is -2.29. The van der Waals surface area contributed by atoms with Crippen molar-refractivity contribution in [1.82, 2.24) is 5.32 Å². The predicted octanol–water partition coefficient (Wildman–Crippen LogP) is 2.76. The summed E-state index contributed by atoms with van der Waals surface area (Å²) in [4.78, 5) is 0. The molecule has 19 heavy (non-hydrogen) atoms. The lowest BCUT2D eigenvalue weighted by Crippen LogP contribution is -2.38. The van der Waals surface area contributed by atoms with Gasteiger partial charge in [0.1, 0.15) is 0 Å². The van der Waals surface area contributed by atoms with E-state index in [0.29, 0.717) is 23.5 Å². The number of rotatable bonds is 5. The lowest BCUT2D eigenvalue weighted by atomic mass is 9.85. The summed E-state index contributed by atoms with van der Waals surface area (Å²) in [5.41, 5.74) is 0. The summed E-state index contributed by atoms with van der Waals surface area (Å²) in [5.74, 6) is 2.02. The molecule has 1 aliphatic carbocycles. The van der Waals surface area contributed by atoms with E-state index < -0.39 is 9.84 Å². The zero-order valence-corrected chi connectivity index (χ0v) is 13.1. The van der Waals surface area contributed by atoms with Crippen molar-refractivity contribution in [3.05, 3.63) is 0 Å². The van der Waals surface area contributed by atoms with Gasteiger partial charge in [-0.3, -0.25) is 0 Å². The third-order valence-electron chi connectivity index (χ3n) is 4.85. The molecule has 0 aromatic carbocycles. The van der Waals surface area contributed by atoms with E-state index in [0.717, 1.165) is 25.3 Å². The van der Waals surface area contributed by atoms with Gasteiger partial charge in [0.05, 0.1) is 11.5 Å².